The second kappa shape index (κ2) is 10.5. The summed E-state index contributed by atoms with van der Waals surface area (Å²) >= 11 is 0. The fraction of sp³-hybridized carbons (Fsp3) is 0.364. The lowest BCUT2D eigenvalue weighted by Gasteiger charge is -2.23. The van der Waals surface area contributed by atoms with E-state index in [1.807, 2.05) is 54.6 Å². The number of nitrogens with zero attached hydrogens (tertiary/aromatic N) is 1. The summed E-state index contributed by atoms with van der Waals surface area (Å²) in [5.41, 5.74) is 2.74. The van der Waals surface area contributed by atoms with Gasteiger partial charge in [0, 0.05) is 19.3 Å². The fourth-order valence-corrected chi connectivity index (χ4v) is 2.65. The summed E-state index contributed by atoms with van der Waals surface area (Å²) in [6, 6.07) is 17.4. The number of benzene rings is 2. The number of carbonyl (C=O) groups is 2. The Morgan fingerprint density at radius 2 is 1.67 bits per heavy atom. The molecular weight excluding hydrogens is 340 g/mol. The molecule has 0 radical (unpaired) electrons. The van der Waals surface area contributed by atoms with E-state index in [1.165, 1.54) is 7.11 Å². The van der Waals surface area contributed by atoms with Crippen LogP contribution in [0.4, 0.5) is 5.69 Å². The van der Waals surface area contributed by atoms with E-state index in [1.54, 1.807) is 4.90 Å². The largest absolute Gasteiger partial charge is 0.375 e. The van der Waals surface area contributed by atoms with Gasteiger partial charge in [0.15, 0.2) is 0 Å². The van der Waals surface area contributed by atoms with Crippen molar-refractivity contribution in [2.75, 3.05) is 25.2 Å². The van der Waals surface area contributed by atoms with Crippen LogP contribution in [0.3, 0.4) is 0 Å². The number of rotatable bonds is 9. The Morgan fingerprint density at radius 1 is 1.00 bits per heavy atom. The first-order chi connectivity index (χ1) is 13.0. The highest BCUT2D eigenvalue weighted by Gasteiger charge is 2.16. The third kappa shape index (κ3) is 6.87. The molecule has 0 bridgehead atoms. The van der Waals surface area contributed by atoms with Gasteiger partial charge in [0.2, 0.25) is 5.91 Å². The predicted octanol–water partition coefficient (Wildman–Crippen LogP) is 3.18. The van der Waals surface area contributed by atoms with E-state index >= 15 is 0 Å². The van der Waals surface area contributed by atoms with Crippen LogP contribution in [0.1, 0.15) is 25.0 Å². The van der Waals surface area contributed by atoms with Gasteiger partial charge in [-0.25, -0.2) is 0 Å². The molecule has 27 heavy (non-hydrogen) atoms. The highest BCUT2D eigenvalue weighted by atomic mass is 16.5. The average molecular weight is 368 g/mol. The molecule has 2 aromatic carbocycles. The Balaban J connectivity index is 2.09. The van der Waals surface area contributed by atoms with Crippen molar-refractivity contribution in [1.29, 1.82) is 0 Å². The Kier molecular flexibility index (Phi) is 8.01. The molecule has 5 nitrogen and oxygen atoms in total. The van der Waals surface area contributed by atoms with Crippen molar-refractivity contribution in [1.82, 2.24) is 5.32 Å². The van der Waals surface area contributed by atoms with Crippen LogP contribution in [0.5, 0.6) is 0 Å². The summed E-state index contributed by atoms with van der Waals surface area (Å²) in [7, 11) is 1.51. The van der Waals surface area contributed by atoms with Crippen LogP contribution in [0.15, 0.2) is 54.6 Å². The summed E-state index contributed by atoms with van der Waals surface area (Å²) in [5, 5.41) is 2.92. The van der Waals surface area contributed by atoms with E-state index in [0.29, 0.717) is 25.4 Å². The van der Waals surface area contributed by atoms with Crippen molar-refractivity contribution in [3.8, 4) is 0 Å². The molecule has 0 fully saturated rings. The minimum atomic E-state index is -0.108. The zero-order valence-corrected chi connectivity index (χ0v) is 16.3. The van der Waals surface area contributed by atoms with Crippen LogP contribution in [-0.4, -0.2) is 32.1 Å². The molecule has 0 saturated carbocycles. The van der Waals surface area contributed by atoms with Gasteiger partial charge >= 0.3 is 0 Å². The molecular formula is C22H28N2O3. The Labute approximate surface area is 161 Å². The van der Waals surface area contributed by atoms with Crippen LogP contribution in [-0.2, 0) is 27.3 Å². The van der Waals surface area contributed by atoms with Gasteiger partial charge in [0.05, 0.1) is 13.0 Å². The van der Waals surface area contributed by atoms with E-state index in [0.717, 1.165) is 16.8 Å². The lowest BCUT2D eigenvalue weighted by atomic mass is 10.1. The zero-order valence-electron chi connectivity index (χ0n) is 16.3. The van der Waals surface area contributed by atoms with Gasteiger partial charge < -0.3 is 15.0 Å². The number of nitrogens with one attached hydrogen (secondary N) is 1. The van der Waals surface area contributed by atoms with Crippen molar-refractivity contribution in [2.24, 2.45) is 5.92 Å². The summed E-state index contributed by atoms with van der Waals surface area (Å²) in [6.07, 6.45) is 0.331. The van der Waals surface area contributed by atoms with E-state index in [2.05, 4.69) is 19.2 Å². The number of methoxy groups -OCH3 is 1. The Bertz CT molecular complexity index is 727. The maximum Gasteiger partial charge on any atom is 0.253 e. The fourth-order valence-electron chi connectivity index (χ4n) is 2.65. The van der Waals surface area contributed by atoms with Crippen LogP contribution >= 0.6 is 0 Å². The first kappa shape index (κ1) is 20.6. The number of amides is 2. The van der Waals surface area contributed by atoms with Gasteiger partial charge in [-0.05, 0) is 29.2 Å². The normalized spacial score (nSPS) is 10.7. The van der Waals surface area contributed by atoms with Gasteiger partial charge in [-0.2, -0.15) is 0 Å². The molecule has 144 valence electrons. The van der Waals surface area contributed by atoms with Gasteiger partial charge in [-0.3, -0.25) is 9.59 Å². The first-order valence-corrected chi connectivity index (χ1v) is 9.18. The quantitative estimate of drug-likeness (QED) is 0.740. The van der Waals surface area contributed by atoms with Gasteiger partial charge in [0.25, 0.3) is 5.91 Å². The summed E-state index contributed by atoms with van der Waals surface area (Å²) in [6.45, 7) is 5.29. The van der Waals surface area contributed by atoms with Crippen molar-refractivity contribution >= 4 is 17.5 Å². The Hall–Kier alpha value is -2.66. The van der Waals surface area contributed by atoms with Gasteiger partial charge in [0.1, 0.15) is 6.61 Å². The van der Waals surface area contributed by atoms with Crippen molar-refractivity contribution < 1.29 is 14.3 Å². The standard InChI is InChI=1S/C22H28N2O3/c1-17(2)14-23-21(25)13-18-9-11-20(12-10-18)24(22(26)16-27-3)15-19-7-5-4-6-8-19/h4-12,17H,13-16H2,1-3H3,(H,23,25). The molecule has 2 rings (SSSR count). The number of hydrogen-bond donors (Lipinski definition) is 1. The second-order valence-corrected chi connectivity index (χ2v) is 6.94. The molecule has 0 spiro atoms. The molecule has 0 unspecified atom stereocenters. The minimum Gasteiger partial charge on any atom is -0.375 e. The molecule has 5 heteroatoms. The number of carbonyl (C=O) groups excluding carboxylic acids is 2. The third-order valence-electron chi connectivity index (χ3n) is 4.07. The van der Waals surface area contributed by atoms with Crippen molar-refractivity contribution in [3.63, 3.8) is 0 Å². The summed E-state index contributed by atoms with van der Waals surface area (Å²) in [4.78, 5) is 26.2. The van der Waals surface area contributed by atoms with Crippen LogP contribution < -0.4 is 10.2 Å². The third-order valence-corrected chi connectivity index (χ3v) is 4.07. The van der Waals surface area contributed by atoms with E-state index in [-0.39, 0.29) is 18.4 Å². The Morgan fingerprint density at radius 3 is 2.26 bits per heavy atom. The van der Waals surface area contributed by atoms with Crippen LogP contribution in [0.25, 0.3) is 0 Å². The maximum absolute atomic E-state index is 12.5. The van der Waals surface area contributed by atoms with Crippen LogP contribution in [0, 0.1) is 5.92 Å². The zero-order chi connectivity index (χ0) is 19.6. The average Bonchev–Trinajstić information content (AvgIpc) is 2.66. The molecule has 0 atom stereocenters. The predicted molar refractivity (Wildman–Crippen MR) is 108 cm³/mol. The highest BCUT2D eigenvalue weighted by molar-refractivity contribution is 5.94. The second-order valence-electron chi connectivity index (χ2n) is 6.94. The number of anilines is 1. The monoisotopic (exact) mass is 368 g/mol. The lowest BCUT2D eigenvalue weighted by molar-refractivity contribution is -0.122. The van der Waals surface area contributed by atoms with Gasteiger partial charge in [-0.1, -0.05) is 56.3 Å². The summed E-state index contributed by atoms with van der Waals surface area (Å²) < 4.78 is 5.02. The van der Waals surface area contributed by atoms with Gasteiger partial charge in [-0.15, -0.1) is 0 Å². The molecule has 2 amide bonds. The molecule has 0 aliphatic heterocycles. The van der Waals surface area contributed by atoms with Crippen molar-refractivity contribution in [2.45, 2.75) is 26.8 Å². The molecule has 0 aliphatic carbocycles. The van der Waals surface area contributed by atoms with E-state index in [9.17, 15) is 9.59 Å². The molecule has 0 aromatic heterocycles. The SMILES string of the molecule is COCC(=O)N(Cc1ccccc1)c1ccc(CC(=O)NCC(C)C)cc1. The lowest BCUT2D eigenvalue weighted by Crippen LogP contribution is -2.33. The smallest absolute Gasteiger partial charge is 0.253 e. The molecule has 0 aliphatic rings. The first-order valence-electron chi connectivity index (χ1n) is 9.18. The maximum atomic E-state index is 12.5. The van der Waals surface area contributed by atoms with Crippen LogP contribution in [0.2, 0.25) is 0 Å². The topological polar surface area (TPSA) is 58.6 Å². The molecule has 2 aromatic rings. The number of hydrogen-bond acceptors (Lipinski definition) is 3. The highest BCUT2D eigenvalue weighted by Crippen LogP contribution is 2.19. The summed E-state index contributed by atoms with van der Waals surface area (Å²) in [5.74, 6) is 0.325. The van der Waals surface area contributed by atoms with E-state index < -0.39 is 0 Å². The molecule has 1 N–H and O–H groups in total. The molecule has 0 heterocycles. The van der Waals surface area contributed by atoms with E-state index in [4.69, 9.17) is 4.74 Å². The van der Waals surface area contributed by atoms with Crippen molar-refractivity contribution in [3.05, 3.63) is 65.7 Å². The minimum absolute atomic E-state index is 0.00745. The number of ether oxygens (including phenoxy) is 1. The molecule has 0 saturated heterocycles.